The Morgan fingerprint density at radius 3 is 2.71 bits per heavy atom. The predicted molar refractivity (Wildman–Crippen MR) is 76.1 cm³/mol. The van der Waals surface area contributed by atoms with E-state index in [2.05, 4.69) is 4.90 Å². The molecule has 1 unspecified atom stereocenters. The second-order valence-corrected chi connectivity index (χ2v) is 5.20. The van der Waals surface area contributed by atoms with Gasteiger partial charge >= 0.3 is 0 Å². The number of halogens is 3. The summed E-state index contributed by atoms with van der Waals surface area (Å²) in [5.74, 6) is 0.645. The first-order valence-corrected chi connectivity index (χ1v) is 6.31. The molecular formula is C12H17Cl3N2. The highest BCUT2D eigenvalue weighted by atomic mass is 35.5. The minimum Gasteiger partial charge on any atom is -0.330 e. The largest absolute Gasteiger partial charge is 0.330 e. The van der Waals surface area contributed by atoms with Gasteiger partial charge in [0, 0.05) is 23.1 Å². The first-order valence-electron chi connectivity index (χ1n) is 5.55. The first kappa shape index (κ1) is 15.1. The van der Waals surface area contributed by atoms with Gasteiger partial charge in [-0.05, 0) is 43.1 Å². The summed E-state index contributed by atoms with van der Waals surface area (Å²) in [6.07, 6.45) is 1.20. The maximum Gasteiger partial charge on any atom is 0.0465 e. The van der Waals surface area contributed by atoms with E-state index in [-0.39, 0.29) is 12.4 Å². The van der Waals surface area contributed by atoms with Gasteiger partial charge in [0.2, 0.25) is 0 Å². The van der Waals surface area contributed by atoms with E-state index in [1.54, 1.807) is 6.07 Å². The van der Waals surface area contributed by atoms with Crippen molar-refractivity contribution in [1.29, 1.82) is 0 Å². The van der Waals surface area contributed by atoms with Gasteiger partial charge in [-0.1, -0.05) is 29.3 Å². The van der Waals surface area contributed by atoms with Gasteiger partial charge in [-0.25, -0.2) is 0 Å². The lowest BCUT2D eigenvalue weighted by Crippen LogP contribution is -2.22. The standard InChI is InChI=1S/C12H16Cl2N2.ClH/c13-11-2-1-10(12(14)5-11)8-16-4-3-9(6-15)7-16;/h1-2,5,9H,3-4,6-8,15H2;1H. The average molecular weight is 296 g/mol. The zero-order valence-electron chi connectivity index (χ0n) is 9.53. The zero-order valence-corrected chi connectivity index (χ0v) is 11.9. The number of benzene rings is 1. The van der Waals surface area contributed by atoms with Gasteiger partial charge < -0.3 is 5.73 Å². The Morgan fingerprint density at radius 2 is 2.12 bits per heavy atom. The summed E-state index contributed by atoms with van der Waals surface area (Å²) in [4.78, 5) is 2.40. The molecule has 0 aromatic heterocycles. The second-order valence-electron chi connectivity index (χ2n) is 4.36. The molecule has 1 aliphatic rings. The first-order chi connectivity index (χ1) is 7.69. The third-order valence-corrected chi connectivity index (χ3v) is 3.70. The van der Waals surface area contributed by atoms with Crippen LogP contribution in [0, 0.1) is 5.92 Å². The van der Waals surface area contributed by atoms with Crippen LogP contribution in [-0.2, 0) is 6.54 Å². The van der Waals surface area contributed by atoms with Gasteiger partial charge in [0.15, 0.2) is 0 Å². The Kier molecular flexibility index (Phi) is 6.04. The number of nitrogens with two attached hydrogens (primary N) is 1. The predicted octanol–water partition coefficient (Wildman–Crippen LogP) is 3.20. The van der Waals surface area contributed by atoms with Gasteiger partial charge in [0.05, 0.1) is 0 Å². The van der Waals surface area contributed by atoms with E-state index in [4.69, 9.17) is 28.9 Å². The quantitative estimate of drug-likeness (QED) is 0.928. The lowest BCUT2D eigenvalue weighted by molar-refractivity contribution is 0.318. The van der Waals surface area contributed by atoms with Crippen LogP contribution in [0.2, 0.25) is 10.0 Å². The topological polar surface area (TPSA) is 29.3 Å². The molecule has 1 aromatic carbocycles. The summed E-state index contributed by atoms with van der Waals surface area (Å²) >= 11 is 12.0. The molecule has 0 amide bonds. The molecule has 5 heteroatoms. The molecule has 0 aliphatic carbocycles. The molecule has 1 heterocycles. The Labute approximate surface area is 118 Å². The SMILES string of the molecule is Cl.NCC1CCN(Cc2ccc(Cl)cc2Cl)C1. The minimum atomic E-state index is 0. The van der Waals surface area contributed by atoms with Crippen molar-refractivity contribution >= 4 is 35.6 Å². The van der Waals surface area contributed by atoms with Crippen LogP contribution in [0.25, 0.3) is 0 Å². The molecule has 1 aliphatic heterocycles. The monoisotopic (exact) mass is 294 g/mol. The smallest absolute Gasteiger partial charge is 0.0465 e. The molecular weight excluding hydrogens is 279 g/mol. The maximum absolute atomic E-state index is 6.14. The Hall–Kier alpha value is 0.01000. The molecule has 1 saturated heterocycles. The summed E-state index contributed by atoms with van der Waals surface area (Å²) in [5.41, 5.74) is 6.81. The van der Waals surface area contributed by atoms with Crippen LogP contribution < -0.4 is 5.73 Å². The molecule has 0 saturated carbocycles. The van der Waals surface area contributed by atoms with Crippen molar-refractivity contribution in [2.45, 2.75) is 13.0 Å². The summed E-state index contributed by atoms with van der Waals surface area (Å²) in [6.45, 7) is 3.87. The van der Waals surface area contributed by atoms with Gasteiger partial charge in [0.1, 0.15) is 0 Å². The van der Waals surface area contributed by atoms with Crippen LogP contribution in [0.15, 0.2) is 18.2 Å². The molecule has 0 spiro atoms. The van der Waals surface area contributed by atoms with Gasteiger partial charge in [0.25, 0.3) is 0 Å². The summed E-state index contributed by atoms with van der Waals surface area (Å²) in [6, 6.07) is 5.69. The van der Waals surface area contributed by atoms with Crippen molar-refractivity contribution in [3.8, 4) is 0 Å². The van der Waals surface area contributed by atoms with E-state index in [9.17, 15) is 0 Å². The average Bonchev–Trinajstić information content (AvgIpc) is 2.70. The van der Waals surface area contributed by atoms with Crippen molar-refractivity contribution in [1.82, 2.24) is 4.90 Å². The van der Waals surface area contributed by atoms with Crippen molar-refractivity contribution in [3.63, 3.8) is 0 Å². The highest BCUT2D eigenvalue weighted by Crippen LogP contribution is 2.24. The van der Waals surface area contributed by atoms with Gasteiger partial charge in [-0.15, -0.1) is 12.4 Å². The molecule has 0 bridgehead atoms. The molecule has 2 nitrogen and oxygen atoms in total. The maximum atomic E-state index is 6.14. The Balaban J connectivity index is 0.00000144. The third kappa shape index (κ3) is 4.01. The van der Waals surface area contributed by atoms with E-state index >= 15 is 0 Å². The number of hydrogen-bond acceptors (Lipinski definition) is 2. The van der Waals surface area contributed by atoms with E-state index in [1.165, 1.54) is 6.42 Å². The molecule has 2 N–H and O–H groups in total. The fraction of sp³-hybridized carbons (Fsp3) is 0.500. The van der Waals surface area contributed by atoms with Crippen LogP contribution in [0.3, 0.4) is 0 Å². The number of rotatable bonds is 3. The van der Waals surface area contributed by atoms with Crippen molar-refractivity contribution < 1.29 is 0 Å². The molecule has 1 aromatic rings. The molecule has 0 radical (unpaired) electrons. The fourth-order valence-corrected chi connectivity index (χ4v) is 2.61. The highest BCUT2D eigenvalue weighted by molar-refractivity contribution is 6.35. The summed E-state index contributed by atoms with van der Waals surface area (Å²) in [7, 11) is 0. The summed E-state index contributed by atoms with van der Waals surface area (Å²) < 4.78 is 0. The van der Waals surface area contributed by atoms with Crippen molar-refractivity contribution in [3.05, 3.63) is 33.8 Å². The molecule has 17 heavy (non-hydrogen) atoms. The van der Waals surface area contributed by atoms with E-state index in [0.29, 0.717) is 10.9 Å². The Bertz CT molecular complexity index is 371. The van der Waals surface area contributed by atoms with Crippen molar-refractivity contribution in [2.24, 2.45) is 11.7 Å². The fourth-order valence-electron chi connectivity index (χ4n) is 2.14. The molecule has 1 fully saturated rings. The van der Waals surface area contributed by atoms with Crippen LogP contribution in [0.4, 0.5) is 0 Å². The summed E-state index contributed by atoms with van der Waals surface area (Å²) in [5, 5.41) is 1.44. The lowest BCUT2D eigenvalue weighted by atomic mass is 10.1. The van der Waals surface area contributed by atoms with Crippen LogP contribution >= 0.6 is 35.6 Å². The van der Waals surface area contributed by atoms with E-state index in [0.717, 1.165) is 36.8 Å². The van der Waals surface area contributed by atoms with Crippen LogP contribution in [0.5, 0.6) is 0 Å². The number of hydrogen-bond donors (Lipinski definition) is 1. The van der Waals surface area contributed by atoms with Crippen LogP contribution in [-0.4, -0.2) is 24.5 Å². The minimum absolute atomic E-state index is 0. The third-order valence-electron chi connectivity index (χ3n) is 3.11. The molecule has 96 valence electrons. The van der Waals surface area contributed by atoms with E-state index in [1.807, 2.05) is 12.1 Å². The Morgan fingerprint density at radius 1 is 1.35 bits per heavy atom. The highest BCUT2D eigenvalue weighted by Gasteiger charge is 2.21. The van der Waals surface area contributed by atoms with Crippen LogP contribution in [0.1, 0.15) is 12.0 Å². The normalized spacial score (nSPS) is 20.3. The van der Waals surface area contributed by atoms with Crippen molar-refractivity contribution in [2.75, 3.05) is 19.6 Å². The van der Waals surface area contributed by atoms with Gasteiger partial charge in [-0.3, -0.25) is 4.90 Å². The lowest BCUT2D eigenvalue weighted by Gasteiger charge is -2.16. The van der Waals surface area contributed by atoms with Gasteiger partial charge in [-0.2, -0.15) is 0 Å². The number of nitrogens with zero attached hydrogens (tertiary/aromatic N) is 1. The number of likely N-dealkylation sites (tertiary alicyclic amines) is 1. The van der Waals surface area contributed by atoms with E-state index < -0.39 is 0 Å². The molecule has 1 atom stereocenters. The second kappa shape index (κ2) is 6.81. The zero-order chi connectivity index (χ0) is 11.5. The molecule has 2 rings (SSSR count).